The Hall–Kier alpha value is 0. The maximum absolute atomic E-state index is 2.37. The lowest BCUT2D eigenvalue weighted by Crippen LogP contribution is -2.42. The molecule has 2 atom stereocenters. The summed E-state index contributed by atoms with van der Waals surface area (Å²) in [6, 6.07) is 0. The van der Waals surface area contributed by atoms with Gasteiger partial charge in [0, 0.05) is 0 Å². The summed E-state index contributed by atoms with van der Waals surface area (Å²) in [4.78, 5) is 0. The van der Waals surface area contributed by atoms with E-state index in [1.54, 1.807) is 38.5 Å². The molecule has 0 heteroatoms. The number of hydrogen-bond acceptors (Lipinski definition) is 0. The molecule has 0 saturated heterocycles. The van der Waals surface area contributed by atoms with E-state index in [-0.39, 0.29) is 0 Å². The molecule has 0 nitrogen and oxygen atoms in total. The summed E-state index contributed by atoms with van der Waals surface area (Å²) in [7, 11) is 0. The van der Waals surface area contributed by atoms with Gasteiger partial charge in [0.05, 0.1) is 0 Å². The summed E-state index contributed by atoms with van der Waals surface area (Å²) in [5.74, 6) is 2.09. The Morgan fingerprint density at radius 1 is 0.438 bits per heavy atom. The second kappa shape index (κ2) is 20.4. The molecule has 1 aliphatic carbocycles. The van der Waals surface area contributed by atoms with Crippen LogP contribution in [0.25, 0.3) is 0 Å². The highest BCUT2D eigenvalue weighted by molar-refractivity contribution is 4.95. The Morgan fingerprint density at radius 3 is 1.22 bits per heavy atom. The molecule has 0 bridgehead atoms. The monoisotopic (exact) mass is 449 g/mol. The lowest BCUT2D eigenvalue weighted by molar-refractivity contribution is -0.0123. The third kappa shape index (κ3) is 11.9. The number of unbranched alkanes of at least 4 members (excludes halogenated alkanes) is 14. The van der Waals surface area contributed by atoms with Gasteiger partial charge >= 0.3 is 0 Å². The van der Waals surface area contributed by atoms with Crippen LogP contribution in [0.4, 0.5) is 0 Å². The summed E-state index contributed by atoms with van der Waals surface area (Å²) in [5.41, 5.74) is 0.704. The Kier molecular flexibility index (Phi) is 19.1. The zero-order valence-electron chi connectivity index (χ0n) is 23.3. The van der Waals surface area contributed by atoms with Gasteiger partial charge in [-0.25, -0.2) is 0 Å². The van der Waals surface area contributed by atoms with E-state index in [1.807, 2.05) is 0 Å². The maximum atomic E-state index is 2.37. The van der Waals surface area contributed by atoms with Crippen molar-refractivity contribution in [3.8, 4) is 0 Å². The fraction of sp³-hybridized carbons (Fsp3) is 1.00. The first kappa shape index (κ1) is 30.0. The lowest BCUT2D eigenvalue weighted by atomic mass is 9.54. The van der Waals surface area contributed by atoms with E-state index in [4.69, 9.17) is 0 Å². The van der Waals surface area contributed by atoms with E-state index in [1.165, 1.54) is 122 Å². The van der Waals surface area contributed by atoms with Crippen molar-refractivity contribution in [1.82, 2.24) is 0 Å². The van der Waals surface area contributed by atoms with Crippen molar-refractivity contribution in [2.75, 3.05) is 0 Å². The van der Waals surface area contributed by atoms with Crippen molar-refractivity contribution < 1.29 is 0 Å². The number of hydrogen-bond donors (Lipinski definition) is 0. The molecule has 0 aromatic rings. The SMILES string of the molecule is CCCCCCCCC1CCCC(CCCCCC)C1(CCCCCC)CCCCCC. The van der Waals surface area contributed by atoms with E-state index >= 15 is 0 Å². The van der Waals surface area contributed by atoms with Crippen molar-refractivity contribution in [2.24, 2.45) is 17.3 Å². The summed E-state index contributed by atoms with van der Waals surface area (Å²) in [5, 5.41) is 0. The Morgan fingerprint density at radius 2 is 0.781 bits per heavy atom. The first-order valence-corrected chi connectivity index (χ1v) is 15.7. The Labute approximate surface area is 205 Å². The largest absolute Gasteiger partial charge is 0.0654 e. The Balaban J connectivity index is 2.85. The van der Waals surface area contributed by atoms with Crippen molar-refractivity contribution in [3.05, 3.63) is 0 Å². The lowest BCUT2D eigenvalue weighted by Gasteiger charge is -2.51. The molecule has 0 aromatic carbocycles. The van der Waals surface area contributed by atoms with Gasteiger partial charge in [0.1, 0.15) is 0 Å². The molecule has 0 aliphatic heterocycles. The van der Waals surface area contributed by atoms with Crippen LogP contribution in [0.15, 0.2) is 0 Å². The molecule has 1 saturated carbocycles. The van der Waals surface area contributed by atoms with Crippen LogP contribution in [0, 0.1) is 17.3 Å². The van der Waals surface area contributed by atoms with Gasteiger partial charge < -0.3 is 0 Å². The minimum Gasteiger partial charge on any atom is -0.0654 e. The fourth-order valence-corrected chi connectivity index (χ4v) is 7.07. The number of rotatable bonds is 22. The van der Waals surface area contributed by atoms with Crippen LogP contribution in [-0.4, -0.2) is 0 Å². The smallest absolute Gasteiger partial charge is 0.0241 e. The van der Waals surface area contributed by atoms with Crippen LogP contribution in [0.5, 0.6) is 0 Å². The highest BCUT2D eigenvalue weighted by Gasteiger charge is 2.45. The van der Waals surface area contributed by atoms with Crippen molar-refractivity contribution >= 4 is 0 Å². The first-order valence-electron chi connectivity index (χ1n) is 15.7. The minimum atomic E-state index is 0.704. The van der Waals surface area contributed by atoms with E-state index in [9.17, 15) is 0 Å². The van der Waals surface area contributed by atoms with E-state index in [0.717, 1.165) is 11.8 Å². The molecule has 1 aliphatic rings. The van der Waals surface area contributed by atoms with Crippen molar-refractivity contribution in [1.29, 1.82) is 0 Å². The molecule has 1 rings (SSSR count). The molecular formula is C32H64. The minimum absolute atomic E-state index is 0.704. The average Bonchev–Trinajstić information content (AvgIpc) is 2.81. The molecular weight excluding hydrogens is 384 g/mol. The van der Waals surface area contributed by atoms with Gasteiger partial charge in [-0.2, -0.15) is 0 Å². The van der Waals surface area contributed by atoms with Gasteiger partial charge in [-0.3, -0.25) is 0 Å². The molecule has 2 unspecified atom stereocenters. The third-order valence-electron chi connectivity index (χ3n) is 9.04. The molecule has 32 heavy (non-hydrogen) atoms. The van der Waals surface area contributed by atoms with E-state index in [2.05, 4.69) is 27.7 Å². The first-order chi connectivity index (χ1) is 15.7. The van der Waals surface area contributed by atoms with Gasteiger partial charge in [-0.15, -0.1) is 0 Å². The highest BCUT2D eigenvalue weighted by atomic mass is 14.5. The van der Waals surface area contributed by atoms with Crippen LogP contribution >= 0.6 is 0 Å². The maximum Gasteiger partial charge on any atom is -0.0241 e. The summed E-state index contributed by atoms with van der Waals surface area (Å²) >= 11 is 0. The van der Waals surface area contributed by atoms with Crippen LogP contribution in [0.3, 0.4) is 0 Å². The topological polar surface area (TPSA) is 0 Å². The van der Waals surface area contributed by atoms with Gasteiger partial charge in [0.25, 0.3) is 0 Å². The molecule has 0 N–H and O–H groups in total. The quantitative estimate of drug-likeness (QED) is 0.144. The normalized spacial score (nSPS) is 20.6. The highest BCUT2D eigenvalue weighted by Crippen LogP contribution is 2.55. The molecule has 192 valence electrons. The van der Waals surface area contributed by atoms with E-state index in [0.29, 0.717) is 5.41 Å². The second-order valence-corrected chi connectivity index (χ2v) is 11.6. The molecule has 0 spiro atoms. The fourth-order valence-electron chi connectivity index (χ4n) is 7.07. The molecule has 0 heterocycles. The zero-order chi connectivity index (χ0) is 23.3. The van der Waals surface area contributed by atoms with Crippen LogP contribution in [-0.2, 0) is 0 Å². The molecule has 0 radical (unpaired) electrons. The standard InChI is InChI=1S/C32H64/c1-5-9-13-17-18-20-25-31-27-23-26-30(24-19-14-10-6-2)32(31,28-21-15-11-7-3)29-22-16-12-8-4/h30-31H,5-29H2,1-4H3. The predicted octanol–water partition coefficient (Wildman–Crippen LogP) is 12.1. The van der Waals surface area contributed by atoms with Crippen LogP contribution in [0.2, 0.25) is 0 Å². The van der Waals surface area contributed by atoms with Crippen molar-refractivity contribution in [2.45, 2.75) is 188 Å². The summed E-state index contributed by atoms with van der Waals surface area (Å²) < 4.78 is 0. The van der Waals surface area contributed by atoms with Gasteiger partial charge in [0.2, 0.25) is 0 Å². The van der Waals surface area contributed by atoms with Crippen molar-refractivity contribution in [3.63, 3.8) is 0 Å². The Bertz CT molecular complexity index is 371. The van der Waals surface area contributed by atoms with Crippen LogP contribution in [0.1, 0.15) is 188 Å². The van der Waals surface area contributed by atoms with Gasteiger partial charge in [-0.1, -0.05) is 150 Å². The predicted molar refractivity (Wildman–Crippen MR) is 148 cm³/mol. The van der Waals surface area contributed by atoms with Crippen LogP contribution < -0.4 is 0 Å². The second-order valence-electron chi connectivity index (χ2n) is 11.6. The molecule has 1 fully saturated rings. The zero-order valence-corrected chi connectivity index (χ0v) is 23.3. The van der Waals surface area contributed by atoms with Gasteiger partial charge in [-0.05, 0) is 55.8 Å². The third-order valence-corrected chi connectivity index (χ3v) is 9.04. The summed E-state index contributed by atoms with van der Waals surface area (Å²) in [6.07, 6.45) is 37.2. The van der Waals surface area contributed by atoms with E-state index < -0.39 is 0 Å². The molecule has 0 aromatic heterocycles. The average molecular weight is 449 g/mol. The summed E-state index contributed by atoms with van der Waals surface area (Å²) in [6.45, 7) is 9.45. The van der Waals surface area contributed by atoms with Gasteiger partial charge in [0.15, 0.2) is 0 Å². The molecule has 0 amide bonds.